The molecule has 0 saturated carbocycles. The van der Waals surface area contributed by atoms with E-state index in [1.807, 2.05) is 6.07 Å². The Morgan fingerprint density at radius 1 is 1.26 bits per heavy atom. The molecule has 0 spiro atoms. The van der Waals surface area contributed by atoms with Crippen LogP contribution >= 0.6 is 23.4 Å². The normalized spacial score (nSPS) is 14.3. The number of ether oxygens (including phenoxy) is 1. The SMILES string of the molecule is C[C@@H](c1nnc(SCC(=O)Nc2cc(C(F)(F)F)ccc2Cl)n1C)N1C(=O)COc2ccccc21. The van der Waals surface area contributed by atoms with Gasteiger partial charge in [-0.1, -0.05) is 35.5 Å². The van der Waals surface area contributed by atoms with Crippen LogP contribution in [-0.4, -0.2) is 38.9 Å². The maximum absolute atomic E-state index is 12.9. The first-order valence-corrected chi connectivity index (χ1v) is 11.6. The molecular weight excluding hydrogens is 507 g/mol. The molecule has 0 bridgehead atoms. The van der Waals surface area contributed by atoms with Crippen molar-refractivity contribution in [1.82, 2.24) is 14.8 Å². The lowest BCUT2D eigenvalue weighted by Gasteiger charge is -2.33. The summed E-state index contributed by atoms with van der Waals surface area (Å²) in [5, 5.41) is 11.1. The van der Waals surface area contributed by atoms with Crippen molar-refractivity contribution in [3.8, 4) is 5.75 Å². The average molecular weight is 526 g/mol. The summed E-state index contributed by atoms with van der Waals surface area (Å²) in [4.78, 5) is 26.6. The van der Waals surface area contributed by atoms with Crippen molar-refractivity contribution in [1.29, 1.82) is 0 Å². The van der Waals surface area contributed by atoms with Gasteiger partial charge in [-0.05, 0) is 37.3 Å². The Balaban J connectivity index is 1.45. The number of halogens is 4. The predicted molar refractivity (Wildman–Crippen MR) is 125 cm³/mol. The summed E-state index contributed by atoms with van der Waals surface area (Å²) in [6, 6.07) is 9.38. The van der Waals surface area contributed by atoms with Gasteiger partial charge in [-0.25, -0.2) is 0 Å². The lowest BCUT2D eigenvalue weighted by Crippen LogP contribution is -2.41. The number of fused-ring (bicyclic) bond motifs is 1. The number of hydrogen-bond acceptors (Lipinski definition) is 6. The summed E-state index contributed by atoms with van der Waals surface area (Å²) in [5.74, 6) is 0.128. The molecule has 0 aliphatic carbocycles. The largest absolute Gasteiger partial charge is 0.482 e. The number of para-hydroxylation sites is 2. The van der Waals surface area contributed by atoms with Crippen LogP contribution in [0.3, 0.4) is 0 Å². The molecule has 4 rings (SSSR count). The Hall–Kier alpha value is -3.25. The highest BCUT2D eigenvalue weighted by atomic mass is 35.5. The molecule has 1 aliphatic rings. The number of rotatable bonds is 6. The van der Waals surface area contributed by atoms with Crippen LogP contribution in [0.15, 0.2) is 47.6 Å². The molecule has 2 heterocycles. The highest BCUT2D eigenvalue weighted by molar-refractivity contribution is 7.99. The maximum Gasteiger partial charge on any atom is 0.416 e. The molecule has 1 aromatic heterocycles. The number of nitrogens with zero attached hydrogens (tertiary/aromatic N) is 4. The molecule has 1 aliphatic heterocycles. The molecule has 3 aromatic rings. The van der Waals surface area contributed by atoms with E-state index in [1.54, 1.807) is 41.6 Å². The number of carbonyl (C=O) groups excluding carboxylic acids is 2. The second-order valence-electron chi connectivity index (χ2n) is 7.63. The van der Waals surface area contributed by atoms with E-state index in [9.17, 15) is 22.8 Å². The number of benzene rings is 2. The molecule has 8 nitrogen and oxygen atoms in total. The van der Waals surface area contributed by atoms with Crippen LogP contribution in [0.1, 0.15) is 24.4 Å². The number of nitrogens with one attached hydrogen (secondary N) is 1. The summed E-state index contributed by atoms with van der Waals surface area (Å²) in [5.41, 5.74) is -0.439. The Morgan fingerprint density at radius 3 is 2.74 bits per heavy atom. The maximum atomic E-state index is 12.9. The zero-order chi connectivity index (χ0) is 25.3. The number of thioether (sulfide) groups is 1. The molecule has 2 aromatic carbocycles. The van der Waals surface area contributed by atoms with Crippen LogP contribution in [0.4, 0.5) is 24.5 Å². The number of amides is 2. The van der Waals surface area contributed by atoms with Gasteiger partial charge in [-0.15, -0.1) is 10.2 Å². The van der Waals surface area contributed by atoms with E-state index in [2.05, 4.69) is 15.5 Å². The van der Waals surface area contributed by atoms with Crippen LogP contribution in [0.5, 0.6) is 5.75 Å². The molecular formula is C22H19ClF3N5O3S. The predicted octanol–water partition coefficient (Wildman–Crippen LogP) is 4.70. The van der Waals surface area contributed by atoms with Gasteiger partial charge < -0.3 is 14.6 Å². The van der Waals surface area contributed by atoms with Crippen LogP contribution in [0.2, 0.25) is 5.02 Å². The van der Waals surface area contributed by atoms with Gasteiger partial charge in [0, 0.05) is 7.05 Å². The first kappa shape index (κ1) is 24.9. The molecule has 1 N–H and O–H groups in total. The van der Waals surface area contributed by atoms with Crippen LogP contribution in [0.25, 0.3) is 0 Å². The first-order chi connectivity index (χ1) is 16.6. The molecule has 0 radical (unpaired) electrons. The molecule has 0 saturated heterocycles. The molecule has 0 unspecified atom stereocenters. The number of alkyl halides is 3. The van der Waals surface area contributed by atoms with E-state index in [-0.39, 0.29) is 29.0 Å². The van der Waals surface area contributed by atoms with Gasteiger partial charge in [0.2, 0.25) is 5.91 Å². The highest BCUT2D eigenvalue weighted by Gasteiger charge is 2.33. The number of carbonyl (C=O) groups is 2. The molecule has 0 fully saturated rings. The second-order valence-corrected chi connectivity index (χ2v) is 8.97. The van der Waals surface area contributed by atoms with Crippen molar-refractivity contribution in [2.45, 2.75) is 24.3 Å². The van der Waals surface area contributed by atoms with Gasteiger partial charge in [0.25, 0.3) is 5.91 Å². The topological polar surface area (TPSA) is 89.4 Å². The molecule has 184 valence electrons. The zero-order valence-corrected chi connectivity index (χ0v) is 20.0. The van der Waals surface area contributed by atoms with E-state index >= 15 is 0 Å². The Labute approximate surface area is 207 Å². The minimum Gasteiger partial charge on any atom is -0.482 e. The number of aromatic nitrogens is 3. The zero-order valence-electron chi connectivity index (χ0n) is 18.5. The van der Waals surface area contributed by atoms with Crippen LogP contribution < -0.4 is 15.0 Å². The minimum atomic E-state index is -4.56. The number of hydrogen-bond donors (Lipinski definition) is 1. The van der Waals surface area contributed by atoms with Gasteiger partial charge in [-0.2, -0.15) is 13.2 Å². The van der Waals surface area contributed by atoms with Gasteiger partial charge >= 0.3 is 6.18 Å². The van der Waals surface area contributed by atoms with E-state index in [1.165, 1.54) is 0 Å². The van der Waals surface area contributed by atoms with Gasteiger partial charge in [0.05, 0.1) is 33.8 Å². The smallest absolute Gasteiger partial charge is 0.416 e. The third-order valence-electron chi connectivity index (χ3n) is 5.27. The van der Waals surface area contributed by atoms with Crippen LogP contribution in [-0.2, 0) is 22.8 Å². The lowest BCUT2D eigenvalue weighted by atomic mass is 10.1. The van der Waals surface area contributed by atoms with Crippen LogP contribution in [0, 0.1) is 0 Å². The van der Waals surface area contributed by atoms with Crippen molar-refractivity contribution in [3.63, 3.8) is 0 Å². The van der Waals surface area contributed by atoms with E-state index in [0.29, 0.717) is 22.4 Å². The van der Waals surface area contributed by atoms with Gasteiger partial charge in [-0.3, -0.25) is 14.5 Å². The van der Waals surface area contributed by atoms with Crippen molar-refractivity contribution in [2.24, 2.45) is 7.05 Å². The Kier molecular flexibility index (Phi) is 6.95. The summed E-state index contributed by atoms with van der Waals surface area (Å²) in [6.07, 6.45) is -4.56. The average Bonchev–Trinajstić information content (AvgIpc) is 3.18. The summed E-state index contributed by atoms with van der Waals surface area (Å²) in [6.45, 7) is 1.71. The molecule has 1 atom stereocenters. The minimum absolute atomic E-state index is 0.0124. The van der Waals surface area contributed by atoms with Crippen molar-refractivity contribution in [2.75, 3.05) is 22.6 Å². The summed E-state index contributed by atoms with van der Waals surface area (Å²) >= 11 is 6.98. The van der Waals surface area contributed by atoms with Crippen molar-refractivity contribution >= 4 is 46.6 Å². The van der Waals surface area contributed by atoms with Gasteiger partial charge in [0.15, 0.2) is 17.6 Å². The summed E-state index contributed by atoms with van der Waals surface area (Å²) < 4.78 is 46.0. The van der Waals surface area contributed by atoms with E-state index in [4.69, 9.17) is 16.3 Å². The highest BCUT2D eigenvalue weighted by Crippen LogP contribution is 2.37. The van der Waals surface area contributed by atoms with E-state index in [0.717, 1.165) is 30.0 Å². The number of anilines is 2. The quantitative estimate of drug-likeness (QED) is 0.469. The lowest BCUT2D eigenvalue weighted by molar-refractivity contribution is -0.137. The van der Waals surface area contributed by atoms with Gasteiger partial charge in [0.1, 0.15) is 5.75 Å². The fourth-order valence-electron chi connectivity index (χ4n) is 3.59. The van der Waals surface area contributed by atoms with Crippen molar-refractivity contribution in [3.05, 3.63) is 58.9 Å². The summed E-state index contributed by atoms with van der Waals surface area (Å²) in [7, 11) is 1.70. The molecule has 35 heavy (non-hydrogen) atoms. The monoisotopic (exact) mass is 525 g/mol. The fraction of sp³-hybridized carbons (Fsp3) is 0.273. The third-order valence-corrected chi connectivity index (χ3v) is 6.62. The Bertz CT molecular complexity index is 1280. The van der Waals surface area contributed by atoms with E-state index < -0.39 is 23.7 Å². The fourth-order valence-corrected chi connectivity index (χ4v) is 4.47. The van der Waals surface area contributed by atoms with Crippen molar-refractivity contribution < 1.29 is 27.5 Å². The third kappa shape index (κ3) is 5.22. The Morgan fingerprint density at radius 2 is 2.00 bits per heavy atom. The second kappa shape index (κ2) is 9.78. The molecule has 2 amide bonds. The molecule has 13 heteroatoms. The first-order valence-electron chi connectivity index (χ1n) is 10.3. The standard InChI is InChI=1S/C22H19ClF3N5O3S/c1-12(31-16-5-3-4-6-17(16)34-10-19(31)33)20-28-29-21(30(20)2)35-11-18(32)27-15-9-13(22(24,25)26)7-8-14(15)23/h3-9,12H,10-11H2,1-2H3,(H,27,32)/t12-/m0/s1.